The third kappa shape index (κ3) is 5.32. The maximum atomic E-state index is 12.0. The lowest BCUT2D eigenvalue weighted by Gasteiger charge is -2.06. The first kappa shape index (κ1) is 18.5. The van der Waals surface area contributed by atoms with Gasteiger partial charge in [-0.15, -0.1) is 0 Å². The van der Waals surface area contributed by atoms with Crippen molar-refractivity contribution in [3.63, 3.8) is 0 Å². The molecule has 2 aromatic rings. The molecule has 130 valence electrons. The largest absolute Gasteiger partial charge is 0.507 e. The number of hydrazone groups is 1. The van der Waals surface area contributed by atoms with Crippen LogP contribution in [0, 0.1) is 0 Å². The van der Waals surface area contributed by atoms with Crippen LogP contribution in [0.5, 0.6) is 11.5 Å². The molecular weight excluding hydrogens is 390 g/mol. The number of phenols is 1. The molecule has 0 atom stereocenters. The maximum Gasteiger partial charge on any atom is 0.259 e. The Hall–Kier alpha value is -2.87. The molecule has 0 saturated carbocycles. The summed E-state index contributed by atoms with van der Waals surface area (Å²) in [4.78, 5) is 23.7. The van der Waals surface area contributed by atoms with E-state index in [1.807, 2.05) is 0 Å². The molecule has 0 spiro atoms. The van der Waals surface area contributed by atoms with Gasteiger partial charge in [-0.3, -0.25) is 9.59 Å². The summed E-state index contributed by atoms with van der Waals surface area (Å²) >= 11 is 3.27. The molecular formula is C17H16BrN3O4. The quantitative estimate of drug-likeness (QED) is 0.505. The molecule has 8 heteroatoms. The maximum absolute atomic E-state index is 12.0. The van der Waals surface area contributed by atoms with Crippen molar-refractivity contribution in [1.29, 1.82) is 0 Å². The summed E-state index contributed by atoms with van der Waals surface area (Å²) in [5.74, 6) is -0.330. The van der Waals surface area contributed by atoms with Crippen molar-refractivity contribution in [2.45, 2.75) is 0 Å². The predicted octanol–water partition coefficient (Wildman–Crippen LogP) is 2.04. The fourth-order valence-electron chi connectivity index (χ4n) is 1.88. The van der Waals surface area contributed by atoms with Gasteiger partial charge >= 0.3 is 0 Å². The van der Waals surface area contributed by atoms with E-state index in [0.717, 1.165) is 0 Å². The number of carbonyl (C=O) groups excluding carboxylic acids is 2. The summed E-state index contributed by atoms with van der Waals surface area (Å²) in [5, 5.41) is 15.9. The van der Waals surface area contributed by atoms with Gasteiger partial charge in [-0.2, -0.15) is 5.10 Å². The van der Waals surface area contributed by atoms with Crippen LogP contribution >= 0.6 is 15.9 Å². The number of hydrogen-bond acceptors (Lipinski definition) is 5. The summed E-state index contributed by atoms with van der Waals surface area (Å²) < 4.78 is 5.68. The molecule has 0 aliphatic carbocycles. The second-order valence-electron chi connectivity index (χ2n) is 4.88. The lowest BCUT2D eigenvalue weighted by atomic mass is 10.2. The fraction of sp³-hybridized carbons (Fsp3) is 0.118. The number of phenolic OH excluding ortho intramolecular Hbond substituents is 1. The van der Waals surface area contributed by atoms with Crippen LogP contribution in [0.3, 0.4) is 0 Å². The van der Waals surface area contributed by atoms with Gasteiger partial charge in [0.15, 0.2) is 0 Å². The van der Waals surface area contributed by atoms with E-state index < -0.39 is 5.91 Å². The number of amides is 2. The number of carbonyl (C=O) groups is 2. The number of aromatic hydroxyl groups is 1. The first-order valence-corrected chi connectivity index (χ1v) is 8.02. The van der Waals surface area contributed by atoms with Crippen molar-refractivity contribution in [1.82, 2.24) is 10.7 Å². The van der Waals surface area contributed by atoms with Gasteiger partial charge in [0.25, 0.3) is 11.8 Å². The average molecular weight is 406 g/mol. The van der Waals surface area contributed by atoms with Gasteiger partial charge in [0.05, 0.1) is 25.4 Å². The molecule has 0 aliphatic heterocycles. The Morgan fingerprint density at radius 3 is 2.76 bits per heavy atom. The van der Waals surface area contributed by atoms with Gasteiger partial charge in [-0.1, -0.05) is 12.1 Å². The van der Waals surface area contributed by atoms with Crippen LogP contribution in [0.25, 0.3) is 0 Å². The molecule has 0 aliphatic rings. The molecule has 2 rings (SSSR count). The van der Waals surface area contributed by atoms with Gasteiger partial charge in [-0.25, -0.2) is 5.43 Å². The van der Waals surface area contributed by atoms with Crippen LogP contribution in [0.1, 0.15) is 15.9 Å². The topological polar surface area (TPSA) is 100 Å². The number of nitrogens with one attached hydrogen (secondary N) is 2. The SMILES string of the molecule is COc1ccc(O)c(/C=N/NC(=O)CNC(=O)c2ccccc2Br)c1. The Balaban J connectivity index is 1.87. The van der Waals surface area contributed by atoms with Gasteiger partial charge in [0.1, 0.15) is 11.5 Å². The Morgan fingerprint density at radius 2 is 2.04 bits per heavy atom. The number of halogens is 1. The zero-order valence-electron chi connectivity index (χ0n) is 13.3. The monoisotopic (exact) mass is 405 g/mol. The van der Waals surface area contributed by atoms with Crippen molar-refractivity contribution in [2.24, 2.45) is 5.10 Å². The second-order valence-corrected chi connectivity index (χ2v) is 5.73. The third-order valence-electron chi connectivity index (χ3n) is 3.16. The molecule has 0 saturated heterocycles. The fourth-order valence-corrected chi connectivity index (χ4v) is 2.34. The third-order valence-corrected chi connectivity index (χ3v) is 3.85. The van der Waals surface area contributed by atoms with E-state index in [0.29, 0.717) is 21.3 Å². The summed E-state index contributed by atoms with van der Waals surface area (Å²) in [6.07, 6.45) is 1.28. The van der Waals surface area contributed by atoms with E-state index in [4.69, 9.17) is 4.74 Å². The van der Waals surface area contributed by atoms with Crippen LogP contribution in [0.2, 0.25) is 0 Å². The number of methoxy groups -OCH3 is 1. The molecule has 0 radical (unpaired) electrons. The second kappa shape index (κ2) is 8.84. The lowest BCUT2D eigenvalue weighted by Crippen LogP contribution is -2.35. The van der Waals surface area contributed by atoms with Crippen molar-refractivity contribution in [3.8, 4) is 11.5 Å². The molecule has 2 aromatic carbocycles. The van der Waals surface area contributed by atoms with Crippen molar-refractivity contribution in [2.75, 3.05) is 13.7 Å². The van der Waals surface area contributed by atoms with Gasteiger partial charge < -0.3 is 15.2 Å². The Labute approximate surface area is 152 Å². The zero-order chi connectivity index (χ0) is 18.2. The van der Waals surface area contributed by atoms with E-state index in [2.05, 4.69) is 31.8 Å². The van der Waals surface area contributed by atoms with Crippen molar-refractivity contribution < 1.29 is 19.4 Å². The highest BCUT2D eigenvalue weighted by Gasteiger charge is 2.10. The van der Waals surface area contributed by atoms with Crippen LogP contribution in [0.15, 0.2) is 52.0 Å². The molecule has 0 unspecified atom stereocenters. The van der Waals surface area contributed by atoms with Crippen LogP contribution in [0.4, 0.5) is 0 Å². The van der Waals surface area contributed by atoms with Gasteiger partial charge in [0, 0.05) is 10.0 Å². The summed E-state index contributed by atoms with van der Waals surface area (Å²) in [5.41, 5.74) is 3.09. The van der Waals surface area contributed by atoms with Crippen LogP contribution in [-0.2, 0) is 4.79 Å². The molecule has 0 aromatic heterocycles. The zero-order valence-corrected chi connectivity index (χ0v) is 14.9. The Bertz CT molecular complexity index is 808. The molecule has 7 nitrogen and oxygen atoms in total. The first-order chi connectivity index (χ1) is 12.0. The van der Waals surface area contributed by atoms with Crippen molar-refractivity contribution in [3.05, 3.63) is 58.1 Å². The number of benzene rings is 2. The predicted molar refractivity (Wildman–Crippen MR) is 96.9 cm³/mol. The van der Waals surface area contributed by atoms with E-state index in [9.17, 15) is 14.7 Å². The number of hydrogen-bond donors (Lipinski definition) is 3. The Morgan fingerprint density at radius 1 is 1.28 bits per heavy atom. The summed E-state index contributed by atoms with van der Waals surface area (Å²) in [6, 6.07) is 11.5. The summed E-state index contributed by atoms with van der Waals surface area (Å²) in [6.45, 7) is -0.235. The number of rotatable bonds is 6. The average Bonchev–Trinajstić information content (AvgIpc) is 2.61. The first-order valence-electron chi connectivity index (χ1n) is 7.23. The van der Waals surface area contributed by atoms with Crippen molar-refractivity contribution >= 4 is 34.0 Å². The van der Waals surface area contributed by atoms with E-state index in [1.54, 1.807) is 36.4 Å². The van der Waals surface area contributed by atoms with E-state index in [-0.39, 0.29) is 18.2 Å². The molecule has 0 bridgehead atoms. The molecule has 2 amide bonds. The smallest absolute Gasteiger partial charge is 0.259 e. The van der Waals surface area contributed by atoms with Crippen LogP contribution in [-0.4, -0.2) is 36.8 Å². The molecule has 3 N–H and O–H groups in total. The van der Waals surface area contributed by atoms with Crippen LogP contribution < -0.4 is 15.5 Å². The molecule has 0 heterocycles. The Kier molecular flexibility index (Phi) is 6.53. The number of nitrogens with zero attached hydrogens (tertiary/aromatic N) is 1. The minimum absolute atomic E-state index is 0.000953. The molecule has 0 fully saturated rings. The number of ether oxygens (including phenoxy) is 1. The lowest BCUT2D eigenvalue weighted by molar-refractivity contribution is -0.120. The minimum Gasteiger partial charge on any atom is -0.507 e. The van der Waals surface area contributed by atoms with E-state index in [1.165, 1.54) is 19.4 Å². The highest BCUT2D eigenvalue weighted by molar-refractivity contribution is 9.10. The molecule has 25 heavy (non-hydrogen) atoms. The normalized spacial score (nSPS) is 10.5. The van der Waals surface area contributed by atoms with E-state index >= 15 is 0 Å². The van der Waals surface area contributed by atoms with Gasteiger partial charge in [0.2, 0.25) is 0 Å². The standard InChI is InChI=1S/C17H16BrN3O4/c1-25-12-6-7-15(22)11(8-12)9-20-21-16(23)10-19-17(24)13-4-2-3-5-14(13)18/h2-9,22H,10H2,1H3,(H,19,24)(H,21,23)/b20-9+. The highest BCUT2D eigenvalue weighted by Crippen LogP contribution is 2.20. The van der Waals surface area contributed by atoms with Gasteiger partial charge in [-0.05, 0) is 46.3 Å². The highest BCUT2D eigenvalue weighted by atomic mass is 79.9. The minimum atomic E-state index is -0.501. The summed E-state index contributed by atoms with van der Waals surface area (Å²) in [7, 11) is 1.50.